The normalized spacial score (nSPS) is 18.9. The van der Waals surface area contributed by atoms with Crippen molar-refractivity contribution in [3.63, 3.8) is 0 Å². The van der Waals surface area contributed by atoms with Gasteiger partial charge in [0.15, 0.2) is 0 Å². The number of hydrogen-bond donors (Lipinski definition) is 0. The van der Waals surface area contributed by atoms with Crippen molar-refractivity contribution in [3.8, 4) is 0 Å². The summed E-state index contributed by atoms with van der Waals surface area (Å²) in [4.78, 5) is 0. The van der Waals surface area contributed by atoms with Gasteiger partial charge in [0, 0.05) is 0 Å². The van der Waals surface area contributed by atoms with Crippen LogP contribution in [0, 0.1) is 16.7 Å². The quantitative estimate of drug-likeness (QED) is 0.386. The summed E-state index contributed by atoms with van der Waals surface area (Å²) in [7, 11) is 0. The maximum Gasteiger partial charge on any atom is 0.0720 e. The number of rotatable bonds is 7. The molecule has 2 saturated carbocycles. The summed E-state index contributed by atoms with van der Waals surface area (Å²) in [5.41, 5.74) is 5.07. The van der Waals surface area contributed by atoms with Gasteiger partial charge in [0.2, 0.25) is 0 Å². The number of ether oxygens (including phenoxy) is 1. The zero-order valence-electron chi connectivity index (χ0n) is 23.8. The van der Waals surface area contributed by atoms with E-state index in [1.165, 1.54) is 62.5 Å². The SMILES string of the molecule is CC(C)(C)CC(c1ccc(C2CCC2)cc1)C(C)(C)C.CC(OCc1ccccc1)C1CCCC1. The van der Waals surface area contributed by atoms with Crippen LogP contribution in [-0.4, -0.2) is 6.10 Å². The molecular weight excluding hydrogens is 424 g/mol. The Labute approximate surface area is 217 Å². The highest BCUT2D eigenvalue weighted by Gasteiger charge is 2.30. The zero-order chi connectivity index (χ0) is 25.5. The van der Waals surface area contributed by atoms with E-state index in [2.05, 4.69) is 97.0 Å². The van der Waals surface area contributed by atoms with E-state index in [-0.39, 0.29) is 0 Å². The van der Waals surface area contributed by atoms with Crippen molar-refractivity contribution in [1.29, 1.82) is 0 Å². The van der Waals surface area contributed by atoms with Crippen LogP contribution in [0.25, 0.3) is 0 Å². The van der Waals surface area contributed by atoms with E-state index in [4.69, 9.17) is 4.74 Å². The summed E-state index contributed by atoms with van der Waals surface area (Å²) in [5, 5.41) is 0. The minimum atomic E-state index is 0.325. The summed E-state index contributed by atoms with van der Waals surface area (Å²) >= 11 is 0. The third-order valence-corrected chi connectivity index (χ3v) is 8.20. The van der Waals surface area contributed by atoms with Gasteiger partial charge in [-0.1, -0.05) is 115 Å². The average molecular weight is 477 g/mol. The molecule has 1 nitrogen and oxygen atoms in total. The van der Waals surface area contributed by atoms with Crippen LogP contribution in [0.5, 0.6) is 0 Å². The van der Waals surface area contributed by atoms with Crippen LogP contribution >= 0.6 is 0 Å². The summed E-state index contributed by atoms with van der Waals surface area (Å²) in [5.74, 6) is 2.28. The van der Waals surface area contributed by atoms with Gasteiger partial charge in [-0.25, -0.2) is 0 Å². The molecule has 2 aromatic carbocycles. The first-order valence-corrected chi connectivity index (χ1v) is 14.3. The van der Waals surface area contributed by atoms with Crippen LogP contribution < -0.4 is 0 Å². The molecule has 194 valence electrons. The Kier molecular flexibility index (Phi) is 10.1. The lowest BCUT2D eigenvalue weighted by atomic mass is 9.69. The van der Waals surface area contributed by atoms with Crippen LogP contribution in [0.15, 0.2) is 54.6 Å². The lowest BCUT2D eigenvalue weighted by Crippen LogP contribution is -2.24. The molecule has 0 heterocycles. The van der Waals surface area contributed by atoms with Crippen LogP contribution in [0.4, 0.5) is 0 Å². The van der Waals surface area contributed by atoms with Crippen LogP contribution in [0.3, 0.4) is 0 Å². The minimum Gasteiger partial charge on any atom is -0.374 e. The van der Waals surface area contributed by atoms with E-state index in [9.17, 15) is 0 Å². The molecule has 0 spiro atoms. The Bertz CT molecular complexity index is 842. The van der Waals surface area contributed by atoms with Crippen LogP contribution in [0.1, 0.15) is 128 Å². The van der Waals surface area contributed by atoms with Crippen molar-refractivity contribution in [1.82, 2.24) is 0 Å². The summed E-state index contributed by atoms with van der Waals surface area (Å²) in [6.45, 7) is 17.2. The highest BCUT2D eigenvalue weighted by Crippen LogP contribution is 2.44. The molecule has 2 atom stereocenters. The summed E-state index contributed by atoms with van der Waals surface area (Å²) < 4.78 is 5.91. The maximum atomic E-state index is 5.91. The summed E-state index contributed by atoms with van der Waals surface area (Å²) in [6, 6.07) is 20.0. The fourth-order valence-electron chi connectivity index (χ4n) is 5.64. The van der Waals surface area contributed by atoms with Crippen molar-refractivity contribution in [2.75, 3.05) is 0 Å². The van der Waals surface area contributed by atoms with Crippen molar-refractivity contribution < 1.29 is 4.74 Å². The molecule has 0 N–H and O–H groups in total. The maximum absolute atomic E-state index is 5.91. The molecule has 0 radical (unpaired) electrons. The first-order chi connectivity index (χ1) is 16.5. The molecule has 1 heteroatoms. The lowest BCUT2D eigenvalue weighted by Gasteiger charge is -2.36. The molecule has 35 heavy (non-hydrogen) atoms. The Hall–Kier alpha value is -1.60. The van der Waals surface area contributed by atoms with Gasteiger partial charge in [-0.2, -0.15) is 0 Å². The minimum absolute atomic E-state index is 0.325. The molecule has 0 bridgehead atoms. The monoisotopic (exact) mass is 476 g/mol. The molecule has 2 fully saturated rings. The third-order valence-electron chi connectivity index (χ3n) is 8.20. The highest BCUT2D eigenvalue weighted by molar-refractivity contribution is 5.30. The Morgan fingerprint density at radius 2 is 1.37 bits per heavy atom. The van der Waals surface area contributed by atoms with E-state index in [0.29, 0.717) is 22.9 Å². The standard InChI is InChI=1S/C20H32.C14H20O/c1-19(2,3)14-18(20(4,5)6)17-12-10-16(11-13-17)15-8-7-9-15;1-12(14-9-5-6-10-14)15-11-13-7-3-2-4-8-13/h10-13,15,18H,7-9,14H2,1-6H3;2-4,7-8,12,14H,5-6,9-11H2,1H3. The molecule has 0 aliphatic heterocycles. The fraction of sp³-hybridized carbons (Fsp3) is 0.647. The van der Waals surface area contributed by atoms with Crippen molar-refractivity contribution in [2.24, 2.45) is 16.7 Å². The lowest BCUT2D eigenvalue weighted by molar-refractivity contribution is 0.0152. The van der Waals surface area contributed by atoms with Crippen LogP contribution in [-0.2, 0) is 11.3 Å². The molecule has 0 amide bonds. The summed E-state index contributed by atoms with van der Waals surface area (Å²) in [6.07, 6.45) is 11.4. The predicted molar refractivity (Wildman–Crippen MR) is 152 cm³/mol. The topological polar surface area (TPSA) is 9.23 Å². The molecule has 4 rings (SSSR count). The third kappa shape index (κ3) is 9.09. The van der Waals surface area contributed by atoms with Gasteiger partial charge in [0.25, 0.3) is 0 Å². The predicted octanol–water partition coefficient (Wildman–Crippen LogP) is 10.3. The van der Waals surface area contributed by atoms with Gasteiger partial charge in [-0.15, -0.1) is 0 Å². The second kappa shape index (κ2) is 12.6. The Balaban J connectivity index is 0.000000203. The fourth-order valence-corrected chi connectivity index (χ4v) is 5.64. The van der Waals surface area contributed by atoms with Gasteiger partial charge in [0.1, 0.15) is 0 Å². The molecule has 0 aromatic heterocycles. The Morgan fingerprint density at radius 1 is 0.771 bits per heavy atom. The average Bonchev–Trinajstić information content (AvgIpc) is 3.30. The number of hydrogen-bond acceptors (Lipinski definition) is 1. The van der Waals surface area contributed by atoms with E-state index >= 15 is 0 Å². The zero-order valence-corrected chi connectivity index (χ0v) is 23.8. The second-order valence-electron chi connectivity index (χ2n) is 13.5. The molecular formula is C34H52O. The van der Waals surface area contributed by atoms with Crippen molar-refractivity contribution in [3.05, 3.63) is 71.3 Å². The van der Waals surface area contributed by atoms with Gasteiger partial charge in [0.05, 0.1) is 12.7 Å². The molecule has 2 unspecified atom stereocenters. The largest absolute Gasteiger partial charge is 0.374 e. The molecule has 2 aliphatic rings. The van der Waals surface area contributed by atoms with Gasteiger partial charge >= 0.3 is 0 Å². The second-order valence-corrected chi connectivity index (χ2v) is 13.5. The first kappa shape index (κ1) is 28.0. The van der Waals surface area contributed by atoms with Crippen molar-refractivity contribution in [2.45, 2.75) is 124 Å². The van der Waals surface area contributed by atoms with E-state index < -0.39 is 0 Å². The smallest absolute Gasteiger partial charge is 0.0720 e. The first-order valence-electron chi connectivity index (χ1n) is 14.3. The van der Waals surface area contributed by atoms with E-state index in [1.807, 2.05) is 6.07 Å². The van der Waals surface area contributed by atoms with Crippen LogP contribution in [0.2, 0.25) is 0 Å². The van der Waals surface area contributed by atoms with Gasteiger partial charge in [-0.3, -0.25) is 0 Å². The Morgan fingerprint density at radius 3 is 1.86 bits per heavy atom. The molecule has 0 saturated heterocycles. The number of benzene rings is 2. The van der Waals surface area contributed by atoms with Gasteiger partial charge < -0.3 is 4.74 Å². The van der Waals surface area contributed by atoms with E-state index in [0.717, 1.165) is 18.4 Å². The highest BCUT2D eigenvalue weighted by atomic mass is 16.5. The van der Waals surface area contributed by atoms with Gasteiger partial charge in [-0.05, 0) is 84.3 Å². The molecule has 2 aromatic rings. The van der Waals surface area contributed by atoms with E-state index in [1.54, 1.807) is 5.56 Å². The molecule has 2 aliphatic carbocycles. The van der Waals surface area contributed by atoms with Crippen molar-refractivity contribution >= 4 is 0 Å².